The molecule has 0 aromatic heterocycles. The fraction of sp³-hybridized carbons (Fsp3) is 0.714. The van der Waals surface area contributed by atoms with Gasteiger partial charge in [0.1, 0.15) is 18.3 Å². The van der Waals surface area contributed by atoms with E-state index in [1.807, 2.05) is 0 Å². The van der Waals surface area contributed by atoms with Crippen LogP contribution in [0.4, 0.5) is 0 Å². The molecular formula is C7H12O5. The molecule has 0 saturated heterocycles. The lowest BCUT2D eigenvalue weighted by Crippen LogP contribution is -2.42. The Bertz CT molecular complexity index is 200. The van der Waals surface area contributed by atoms with Crippen LogP contribution in [-0.2, 0) is 4.74 Å². The molecule has 0 spiro atoms. The van der Waals surface area contributed by atoms with Crippen LogP contribution in [0, 0.1) is 0 Å². The first kappa shape index (κ1) is 9.31. The first-order valence-electron chi connectivity index (χ1n) is 3.64. The third kappa shape index (κ3) is 1.38. The Kier molecular flexibility index (Phi) is 2.56. The van der Waals surface area contributed by atoms with E-state index in [9.17, 15) is 5.11 Å². The Morgan fingerprint density at radius 2 is 1.92 bits per heavy atom. The second kappa shape index (κ2) is 3.30. The van der Waals surface area contributed by atoms with E-state index in [0.29, 0.717) is 0 Å². The van der Waals surface area contributed by atoms with Crippen molar-refractivity contribution in [3.05, 3.63) is 11.5 Å². The van der Waals surface area contributed by atoms with Crippen molar-refractivity contribution in [3.63, 3.8) is 0 Å². The van der Waals surface area contributed by atoms with Crippen molar-refractivity contribution in [3.8, 4) is 0 Å². The van der Waals surface area contributed by atoms with Gasteiger partial charge < -0.3 is 25.2 Å². The Labute approximate surface area is 69.5 Å². The van der Waals surface area contributed by atoms with Crippen LogP contribution in [0.2, 0.25) is 0 Å². The molecule has 1 aliphatic rings. The predicted octanol–water partition coefficient (Wildman–Crippen LogP) is -0.545. The van der Waals surface area contributed by atoms with Crippen LogP contribution in [-0.4, -0.2) is 45.3 Å². The minimum Gasteiger partial charge on any atom is -0.506 e. The molecule has 70 valence electrons. The molecule has 0 radical (unpaired) electrons. The molecule has 1 rings (SSSR count). The summed E-state index contributed by atoms with van der Waals surface area (Å²) in [5.41, 5.74) is 0. The quantitative estimate of drug-likeness (QED) is 0.430. The summed E-state index contributed by atoms with van der Waals surface area (Å²) in [4.78, 5) is 0. The van der Waals surface area contributed by atoms with Gasteiger partial charge in [0.05, 0.1) is 6.61 Å². The molecule has 1 aliphatic heterocycles. The summed E-state index contributed by atoms with van der Waals surface area (Å²) in [6.07, 6.45) is -2.90. The smallest absolute Gasteiger partial charge is 0.164 e. The van der Waals surface area contributed by atoms with Crippen LogP contribution in [0.5, 0.6) is 0 Å². The largest absolute Gasteiger partial charge is 0.506 e. The maximum absolute atomic E-state index is 9.17. The van der Waals surface area contributed by atoms with E-state index in [2.05, 4.69) is 0 Å². The predicted molar refractivity (Wildman–Crippen MR) is 39.7 cm³/mol. The number of aliphatic hydroxyl groups is 4. The van der Waals surface area contributed by atoms with Crippen LogP contribution in [0.3, 0.4) is 0 Å². The van der Waals surface area contributed by atoms with Crippen molar-refractivity contribution in [1.29, 1.82) is 0 Å². The van der Waals surface area contributed by atoms with E-state index in [1.54, 1.807) is 0 Å². The standard InChI is InChI=1S/C7H12O5/c1-3-5(9)7(11)6(10)4(2-8)12-3/h3-4,6,8-11H,2H2,1H3/t3-,4?,6-/m0/s1. The third-order valence-corrected chi connectivity index (χ3v) is 1.84. The lowest BCUT2D eigenvalue weighted by molar-refractivity contribution is -0.112. The SMILES string of the molecule is C[C@@H]1OC(CO)[C@H](O)C(O)=C1O. The summed E-state index contributed by atoms with van der Waals surface area (Å²) in [5.74, 6) is -0.903. The Morgan fingerprint density at radius 1 is 1.33 bits per heavy atom. The normalized spacial score (nSPS) is 37.1. The summed E-state index contributed by atoms with van der Waals surface area (Å²) in [5, 5.41) is 36.1. The number of hydrogen-bond acceptors (Lipinski definition) is 5. The summed E-state index contributed by atoms with van der Waals surface area (Å²) in [6.45, 7) is 1.11. The van der Waals surface area contributed by atoms with Gasteiger partial charge in [-0.1, -0.05) is 0 Å². The molecule has 0 aliphatic carbocycles. The minimum absolute atomic E-state index is 0.382. The van der Waals surface area contributed by atoms with Gasteiger partial charge in [-0.05, 0) is 6.92 Å². The van der Waals surface area contributed by atoms with E-state index in [4.69, 9.17) is 20.1 Å². The first-order chi connectivity index (χ1) is 5.57. The van der Waals surface area contributed by atoms with Crippen LogP contribution in [0.15, 0.2) is 11.5 Å². The topological polar surface area (TPSA) is 90.2 Å². The average Bonchev–Trinajstić information content (AvgIpc) is 2.08. The maximum atomic E-state index is 9.17. The van der Waals surface area contributed by atoms with E-state index in [1.165, 1.54) is 6.92 Å². The first-order valence-corrected chi connectivity index (χ1v) is 3.64. The molecule has 0 amide bonds. The zero-order valence-electron chi connectivity index (χ0n) is 6.64. The van der Waals surface area contributed by atoms with Gasteiger partial charge in [0.15, 0.2) is 11.5 Å². The summed E-state index contributed by atoms with van der Waals surface area (Å²) in [6, 6.07) is 0. The molecule has 0 aromatic rings. The molecule has 0 saturated carbocycles. The monoisotopic (exact) mass is 176 g/mol. The van der Waals surface area contributed by atoms with E-state index in [-0.39, 0.29) is 5.76 Å². The number of rotatable bonds is 1. The molecule has 1 heterocycles. The highest BCUT2D eigenvalue weighted by atomic mass is 16.5. The van der Waals surface area contributed by atoms with Crippen molar-refractivity contribution in [2.45, 2.75) is 25.2 Å². The van der Waals surface area contributed by atoms with E-state index >= 15 is 0 Å². The molecule has 0 fully saturated rings. The molecule has 3 atom stereocenters. The van der Waals surface area contributed by atoms with Crippen LogP contribution >= 0.6 is 0 Å². The van der Waals surface area contributed by atoms with Crippen LogP contribution in [0.25, 0.3) is 0 Å². The van der Waals surface area contributed by atoms with E-state index in [0.717, 1.165) is 0 Å². The third-order valence-electron chi connectivity index (χ3n) is 1.84. The van der Waals surface area contributed by atoms with Gasteiger partial charge in [-0.15, -0.1) is 0 Å². The highest BCUT2D eigenvalue weighted by Gasteiger charge is 2.34. The van der Waals surface area contributed by atoms with Gasteiger partial charge in [-0.3, -0.25) is 0 Å². The maximum Gasteiger partial charge on any atom is 0.164 e. The van der Waals surface area contributed by atoms with Gasteiger partial charge in [-0.2, -0.15) is 0 Å². The summed E-state index contributed by atoms with van der Waals surface area (Å²) in [7, 11) is 0. The number of hydrogen-bond donors (Lipinski definition) is 4. The number of ether oxygens (including phenoxy) is 1. The molecule has 0 aromatic carbocycles. The average molecular weight is 176 g/mol. The Hall–Kier alpha value is -0.780. The lowest BCUT2D eigenvalue weighted by Gasteiger charge is -2.30. The zero-order chi connectivity index (χ0) is 9.30. The second-order valence-corrected chi connectivity index (χ2v) is 2.71. The van der Waals surface area contributed by atoms with Crippen molar-refractivity contribution >= 4 is 0 Å². The fourth-order valence-electron chi connectivity index (χ4n) is 1.08. The van der Waals surface area contributed by atoms with Crippen LogP contribution in [0.1, 0.15) is 6.92 Å². The minimum atomic E-state index is -1.34. The lowest BCUT2D eigenvalue weighted by atomic mass is 10.1. The number of aliphatic hydroxyl groups excluding tert-OH is 4. The van der Waals surface area contributed by atoms with Crippen molar-refractivity contribution in [2.75, 3.05) is 6.61 Å². The molecular weight excluding hydrogens is 164 g/mol. The van der Waals surface area contributed by atoms with Crippen molar-refractivity contribution in [2.24, 2.45) is 0 Å². The Balaban J connectivity index is 2.85. The molecule has 5 heteroatoms. The molecule has 4 N–H and O–H groups in total. The van der Waals surface area contributed by atoms with Gasteiger partial charge in [0.25, 0.3) is 0 Å². The Morgan fingerprint density at radius 3 is 2.42 bits per heavy atom. The molecule has 0 bridgehead atoms. The summed E-state index contributed by atoms with van der Waals surface area (Å²) >= 11 is 0. The van der Waals surface area contributed by atoms with Crippen molar-refractivity contribution in [1.82, 2.24) is 0 Å². The van der Waals surface area contributed by atoms with Gasteiger partial charge in [-0.25, -0.2) is 0 Å². The highest BCUT2D eigenvalue weighted by molar-refractivity contribution is 5.13. The van der Waals surface area contributed by atoms with Crippen molar-refractivity contribution < 1.29 is 25.2 Å². The van der Waals surface area contributed by atoms with Gasteiger partial charge >= 0.3 is 0 Å². The van der Waals surface area contributed by atoms with E-state index < -0.39 is 30.7 Å². The second-order valence-electron chi connectivity index (χ2n) is 2.71. The van der Waals surface area contributed by atoms with Gasteiger partial charge in [0, 0.05) is 0 Å². The zero-order valence-corrected chi connectivity index (χ0v) is 6.64. The molecule has 5 nitrogen and oxygen atoms in total. The van der Waals surface area contributed by atoms with Gasteiger partial charge in [0.2, 0.25) is 0 Å². The summed E-state index contributed by atoms with van der Waals surface area (Å²) < 4.78 is 4.96. The molecule has 12 heavy (non-hydrogen) atoms. The molecule has 1 unspecified atom stereocenters. The van der Waals surface area contributed by atoms with Crippen LogP contribution < -0.4 is 0 Å². The highest BCUT2D eigenvalue weighted by Crippen LogP contribution is 2.22. The fourth-order valence-corrected chi connectivity index (χ4v) is 1.08.